The average molecular weight is 415 g/mol. The zero-order valence-electron chi connectivity index (χ0n) is 16.4. The Hall–Kier alpha value is -4.64. The van der Waals surface area contributed by atoms with Gasteiger partial charge in [0.1, 0.15) is 23.2 Å². The predicted octanol–water partition coefficient (Wildman–Crippen LogP) is 4.15. The van der Waals surface area contributed by atoms with E-state index >= 15 is 0 Å². The molecule has 0 bridgehead atoms. The fourth-order valence-corrected chi connectivity index (χ4v) is 2.69. The van der Waals surface area contributed by atoms with Gasteiger partial charge in [-0.15, -0.1) is 0 Å². The zero-order chi connectivity index (χ0) is 22.4. The average Bonchev–Trinajstić information content (AvgIpc) is 3.21. The van der Waals surface area contributed by atoms with Crippen LogP contribution in [0.4, 0.5) is 11.4 Å². The van der Waals surface area contributed by atoms with E-state index in [0.29, 0.717) is 28.5 Å². The summed E-state index contributed by atoms with van der Waals surface area (Å²) >= 11 is 0. The van der Waals surface area contributed by atoms with Crippen molar-refractivity contribution in [3.8, 4) is 17.4 Å². The Labute approximate surface area is 177 Å². The van der Waals surface area contributed by atoms with Gasteiger partial charge in [0, 0.05) is 29.9 Å². The molecule has 0 radical (unpaired) electrons. The molecule has 1 aromatic heterocycles. The highest BCUT2D eigenvalue weighted by atomic mass is 16.4. The van der Waals surface area contributed by atoms with Crippen molar-refractivity contribution in [2.45, 2.75) is 6.92 Å². The molecule has 3 rings (SSSR count). The molecule has 1 heterocycles. The molecule has 0 aliphatic carbocycles. The van der Waals surface area contributed by atoms with Crippen molar-refractivity contribution < 1.29 is 23.9 Å². The van der Waals surface area contributed by atoms with Gasteiger partial charge in [0.25, 0.3) is 5.91 Å². The minimum absolute atomic E-state index is 0.156. The third-order valence-electron chi connectivity index (χ3n) is 4.16. The van der Waals surface area contributed by atoms with Crippen LogP contribution in [0, 0.1) is 11.3 Å². The molecule has 0 saturated carbocycles. The number of rotatable bonds is 6. The Morgan fingerprint density at radius 2 is 1.55 bits per heavy atom. The van der Waals surface area contributed by atoms with Gasteiger partial charge in [-0.05, 0) is 48.5 Å². The van der Waals surface area contributed by atoms with Gasteiger partial charge in [-0.3, -0.25) is 9.59 Å². The Kier molecular flexibility index (Phi) is 6.28. The van der Waals surface area contributed by atoms with Crippen molar-refractivity contribution in [3.63, 3.8) is 0 Å². The number of benzene rings is 2. The minimum Gasteiger partial charge on any atom is -0.478 e. The second-order valence-electron chi connectivity index (χ2n) is 6.47. The van der Waals surface area contributed by atoms with E-state index in [4.69, 9.17) is 9.52 Å². The van der Waals surface area contributed by atoms with E-state index < -0.39 is 11.9 Å². The monoisotopic (exact) mass is 415 g/mol. The molecule has 2 amide bonds. The van der Waals surface area contributed by atoms with E-state index in [9.17, 15) is 19.6 Å². The number of hydrogen-bond acceptors (Lipinski definition) is 5. The first-order chi connectivity index (χ1) is 14.9. The van der Waals surface area contributed by atoms with Crippen LogP contribution in [0.2, 0.25) is 0 Å². The summed E-state index contributed by atoms with van der Waals surface area (Å²) in [7, 11) is 0. The van der Waals surface area contributed by atoms with Crippen molar-refractivity contribution in [2.75, 3.05) is 10.6 Å². The van der Waals surface area contributed by atoms with E-state index in [1.54, 1.807) is 48.5 Å². The van der Waals surface area contributed by atoms with Crippen molar-refractivity contribution >= 4 is 35.2 Å². The molecule has 0 aliphatic rings. The number of amides is 2. The topological polar surface area (TPSA) is 132 Å². The van der Waals surface area contributed by atoms with Crippen LogP contribution in [-0.4, -0.2) is 22.9 Å². The maximum absolute atomic E-state index is 12.4. The molecular weight excluding hydrogens is 398 g/mol. The van der Waals surface area contributed by atoms with Crippen LogP contribution >= 0.6 is 0 Å². The van der Waals surface area contributed by atoms with Gasteiger partial charge in [-0.2, -0.15) is 5.26 Å². The van der Waals surface area contributed by atoms with Crippen LogP contribution in [0.5, 0.6) is 0 Å². The molecule has 0 unspecified atom stereocenters. The highest BCUT2D eigenvalue weighted by molar-refractivity contribution is 6.09. The zero-order valence-corrected chi connectivity index (χ0v) is 16.4. The van der Waals surface area contributed by atoms with E-state index in [0.717, 1.165) is 0 Å². The van der Waals surface area contributed by atoms with E-state index in [2.05, 4.69) is 10.6 Å². The van der Waals surface area contributed by atoms with Crippen molar-refractivity contribution in [2.24, 2.45) is 0 Å². The number of carbonyl (C=O) groups is 3. The number of aromatic carboxylic acids is 1. The number of nitriles is 1. The van der Waals surface area contributed by atoms with Crippen LogP contribution in [0.3, 0.4) is 0 Å². The van der Waals surface area contributed by atoms with Crippen LogP contribution in [0.1, 0.15) is 23.0 Å². The molecule has 0 spiro atoms. The summed E-state index contributed by atoms with van der Waals surface area (Å²) in [5.41, 5.74) is 1.70. The summed E-state index contributed by atoms with van der Waals surface area (Å²) in [6.07, 6.45) is 1.32. The molecular formula is C23H17N3O5. The first-order valence-electron chi connectivity index (χ1n) is 9.10. The number of nitrogens with zero attached hydrogens (tertiary/aromatic N) is 1. The second kappa shape index (κ2) is 9.24. The lowest BCUT2D eigenvalue weighted by Crippen LogP contribution is -2.13. The predicted molar refractivity (Wildman–Crippen MR) is 114 cm³/mol. The minimum atomic E-state index is -1.02. The summed E-state index contributed by atoms with van der Waals surface area (Å²) in [5.74, 6) is -1.08. The molecule has 154 valence electrons. The van der Waals surface area contributed by atoms with Gasteiger partial charge in [0.15, 0.2) is 0 Å². The number of hydrogen-bond donors (Lipinski definition) is 3. The smallest absolute Gasteiger partial charge is 0.335 e. The molecule has 8 nitrogen and oxygen atoms in total. The first kappa shape index (κ1) is 21.1. The van der Waals surface area contributed by atoms with Crippen LogP contribution in [-0.2, 0) is 9.59 Å². The lowest BCUT2D eigenvalue weighted by molar-refractivity contribution is -0.114. The maximum atomic E-state index is 12.4. The molecule has 3 aromatic rings. The second-order valence-corrected chi connectivity index (χ2v) is 6.47. The first-order valence-corrected chi connectivity index (χ1v) is 9.10. The lowest BCUT2D eigenvalue weighted by atomic mass is 10.1. The van der Waals surface area contributed by atoms with Gasteiger partial charge in [-0.1, -0.05) is 12.1 Å². The Morgan fingerprint density at radius 1 is 0.935 bits per heavy atom. The normalized spacial score (nSPS) is 10.8. The summed E-state index contributed by atoms with van der Waals surface area (Å²) in [4.78, 5) is 34.4. The fraction of sp³-hybridized carbons (Fsp3) is 0.0435. The summed E-state index contributed by atoms with van der Waals surface area (Å²) in [6, 6.07) is 17.7. The Balaban J connectivity index is 1.72. The molecule has 31 heavy (non-hydrogen) atoms. The van der Waals surface area contributed by atoms with Gasteiger partial charge in [0.05, 0.1) is 5.56 Å². The molecule has 0 saturated heterocycles. The highest BCUT2D eigenvalue weighted by Crippen LogP contribution is 2.24. The van der Waals surface area contributed by atoms with E-state index in [1.807, 2.05) is 6.07 Å². The SMILES string of the molecule is CC(=O)Nc1ccc(NC(=O)/C(C#N)=C/c2ccc(-c3ccc(C(=O)O)cc3)o2)cc1. The molecule has 0 fully saturated rings. The lowest BCUT2D eigenvalue weighted by Gasteiger charge is -2.06. The fourth-order valence-electron chi connectivity index (χ4n) is 2.69. The van der Waals surface area contributed by atoms with Gasteiger partial charge >= 0.3 is 5.97 Å². The number of anilines is 2. The van der Waals surface area contributed by atoms with Crippen LogP contribution < -0.4 is 10.6 Å². The Bertz CT molecular complexity index is 1200. The number of carboxylic acid groups (broad SMARTS) is 1. The number of carbonyl (C=O) groups excluding carboxylic acids is 2. The number of carboxylic acids is 1. The molecule has 8 heteroatoms. The number of nitrogens with one attached hydrogen (secondary N) is 2. The Morgan fingerprint density at radius 3 is 2.10 bits per heavy atom. The van der Waals surface area contributed by atoms with Gasteiger partial charge in [0.2, 0.25) is 5.91 Å². The van der Waals surface area contributed by atoms with E-state index in [1.165, 1.54) is 25.1 Å². The summed E-state index contributed by atoms with van der Waals surface area (Å²) < 4.78 is 5.66. The van der Waals surface area contributed by atoms with Crippen molar-refractivity contribution in [1.82, 2.24) is 0 Å². The molecule has 3 N–H and O–H groups in total. The highest BCUT2D eigenvalue weighted by Gasteiger charge is 2.12. The molecule has 0 atom stereocenters. The third kappa shape index (κ3) is 5.46. The summed E-state index contributed by atoms with van der Waals surface area (Å²) in [6.45, 7) is 1.39. The van der Waals surface area contributed by atoms with Gasteiger partial charge in [-0.25, -0.2) is 4.79 Å². The van der Waals surface area contributed by atoms with Crippen LogP contribution in [0.15, 0.2) is 70.7 Å². The van der Waals surface area contributed by atoms with Crippen molar-refractivity contribution in [3.05, 3.63) is 77.6 Å². The number of furan rings is 1. The van der Waals surface area contributed by atoms with Gasteiger partial charge < -0.3 is 20.2 Å². The standard InChI is InChI=1S/C23H17N3O5/c1-14(27)25-18-6-8-19(9-7-18)26-22(28)17(13-24)12-20-10-11-21(31-20)15-2-4-16(5-3-15)23(29)30/h2-12H,1H3,(H,25,27)(H,26,28)(H,29,30)/b17-12+. The molecule has 0 aliphatic heterocycles. The quantitative estimate of drug-likeness (QED) is 0.409. The third-order valence-corrected chi connectivity index (χ3v) is 4.16. The summed E-state index contributed by atoms with van der Waals surface area (Å²) in [5, 5.41) is 23.6. The molecule has 2 aromatic carbocycles. The van der Waals surface area contributed by atoms with Crippen molar-refractivity contribution in [1.29, 1.82) is 5.26 Å². The van der Waals surface area contributed by atoms with E-state index in [-0.39, 0.29) is 17.0 Å². The van der Waals surface area contributed by atoms with Crippen LogP contribution in [0.25, 0.3) is 17.4 Å². The largest absolute Gasteiger partial charge is 0.478 e. The maximum Gasteiger partial charge on any atom is 0.335 e.